The van der Waals surface area contributed by atoms with Crippen LogP contribution in [0.1, 0.15) is 38.7 Å². The SMILES string of the molecule is C[C@@H](NC(=O)c1ccc(=O)n(-c2ccccc2F)c1)c1ncc(-c2cc(Cl)ccc2C=O)s1. The predicted molar refractivity (Wildman–Crippen MR) is 126 cm³/mol. The normalized spacial score (nSPS) is 11.7. The highest BCUT2D eigenvalue weighted by atomic mass is 35.5. The first kappa shape index (κ1) is 22.6. The maximum atomic E-state index is 14.1. The zero-order valence-electron chi connectivity index (χ0n) is 17.3. The topological polar surface area (TPSA) is 81.1 Å². The minimum absolute atomic E-state index is 0.0577. The van der Waals surface area contributed by atoms with Crippen LogP contribution >= 0.6 is 22.9 Å². The van der Waals surface area contributed by atoms with Crippen molar-refractivity contribution in [2.75, 3.05) is 0 Å². The van der Waals surface area contributed by atoms with Gasteiger partial charge in [-0.1, -0.05) is 23.7 Å². The number of para-hydroxylation sites is 1. The highest BCUT2D eigenvalue weighted by Crippen LogP contribution is 2.32. The molecule has 0 radical (unpaired) electrons. The zero-order valence-corrected chi connectivity index (χ0v) is 18.9. The third kappa shape index (κ3) is 4.76. The van der Waals surface area contributed by atoms with E-state index in [9.17, 15) is 18.8 Å². The summed E-state index contributed by atoms with van der Waals surface area (Å²) < 4.78 is 15.2. The summed E-state index contributed by atoms with van der Waals surface area (Å²) in [4.78, 5) is 41.5. The van der Waals surface area contributed by atoms with Crippen molar-refractivity contribution in [1.29, 1.82) is 0 Å². The van der Waals surface area contributed by atoms with Crippen LogP contribution in [0.5, 0.6) is 0 Å². The molecule has 0 aliphatic carbocycles. The van der Waals surface area contributed by atoms with Gasteiger partial charge in [0, 0.05) is 34.6 Å². The summed E-state index contributed by atoms with van der Waals surface area (Å²) in [5.41, 5.74) is 0.946. The third-order valence-electron chi connectivity index (χ3n) is 4.93. The fourth-order valence-electron chi connectivity index (χ4n) is 3.26. The number of rotatable bonds is 6. The molecule has 0 saturated carbocycles. The molecule has 33 heavy (non-hydrogen) atoms. The van der Waals surface area contributed by atoms with Crippen molar-refractivity contribution in [2.45, 2.75) is 13.0 Å². The number of pyridine rings is 1. The number of thiazole rings is 1. The van der Waals surface area contributed by atoms with E-state index in [-0.39, 0.29) is 11.3 Å². The van der Waals surface area contributed by atoms with Gasteiger partial charge in [0.15, 0.2) is 6.29 Å². The molecule has 0 saturated heterocycles. The van der Waals surface area contributed by atoms with Crippen LogP contribution in [0.3, 0.4) is 0 Å². The monoisotopic (exact) mass is 481 g/mol. The van der Waals surface area contributed by atoms with Crippen molar-refractivity contribution in [3.8, 4) is 16.1 Å². The van der Waals surface area contributed by atoms with Crippen molar-refractivity contribution in [2.24, 2.45) is 0 Å². The Morgan fingerprint density at radius 2 is 2.00 bits per heavy atom. The number of benzene rings is 2. The highest BCUT2D eigenvalue weighted by molar-refractivity contribution is 7.15. The van der Waals surface area contributed by atoms with Gasteiger partial charge in [0.1, 0.15) is 10.8 Å². The molecule has 4 aromatic rings. The fourth-order valence-corrected chi connectivity index (χ4v) is 4.39. The first-order valence-electron chi connectivity index (χ1n) is 9.86. The number of nitrogens with zero attached hydrogens (tertiary/aromatic N) is 2. The van der Waals surface area contributed by atoms with Gasteiger partial charge < -0.3 is 5.32 Å². The highest BCUT2D eigenvalue weighted by Gasteiger charge is 2.18. The molecule has 4 rings (SSSR count). The van der Waals surface area contributed by atoms with Gasteiger partial charge in [-0.2, -0.15) is 0 Å². The van der Waals surface area contributed by atoms with Gasteiger partial charge in [0.2, 0.25) is 0 Å². The van der Waals surface area contributed by atoms with Crippen LogP contribution in [-0.2, 0) is 0 Å². The number of hydrogen-bond acceptors (Lipinski definition) is 5. The van der Waals surface area contributed by atoms with Crippen molar-refractivity contribution >= 4 is 35.1 Å². The number of carbonyl (C=O) groups excluding carboxylic acids is 2. The van der Waals surface area contributed by atoms with E-state index < -0.39 is 23.3 Å². The van der Waals surface area contributed by atoms with Crippen LogP contribution in [-0.4, -0.2) is 21.7 Å². The average molecular weight is 482 g/mol. The molecule has 0 unspecified atom stereocenters. The molecular formula is C24H17ClFN3O3S. The molecule has 0 aliphatic rings. The maximum Gasteiger partial charge on any atom is 0.255 e. The average Bonchev–Trinajstić information content (AvgIpc) is 3.30. The molecule has 9 heteroatoms. The predicted octanol–water partition coefficient (Wildman–Crippen LogP) is 5.06. The number of halogens is 2. The summed E-state index contributed by atoms with van der Waals surface area (Å²) in [6, 6.07) is 12.9. The molecule has 0 aliphatic heterocycles. The van der Waals surface area contributed by atoms with E-state index in [1.807, 2.05) is 0 Å². The summed E-state index contributed by atoms with van der Waals surface area (Å²) in [6.07, 6.45) is 3.68. The lowest BCUT2D eigenvalue weighted by Crippen LogP contribution is -2.28. The Kier molecular flexibility index (Phi) is 6.48. The molecule has 1 amide bonds. The Bertz CT molecular complexity index is 1420. The minimum Gasteiger partial charge on any atom is -0.343 e. The van der Waals surface area contributed by atoms with E-state index in [0.29, 0.717) is 21.2 Å². The van der Waals surface area contributed by atoms with E-state index in [2.05, 4.69) is 10.3 Å². The van der Waals surface area contributed by atoms with Gasteiger partial charge in [0.25, 0.3) is 11.5 Å². The Morgan fingerprint density at radius 1 is 1.21 bits per heavy atom. The van der Waals surface area contributed by atoms with Crippen LogP contribution in [0.2, 0.25) is 5.02 Å². The van der Waals surface area contributed by atoms with E-state index >= 15 is 0 Å². The quantitative estimate of drug-likeness (QED) is 0.390. The lowest BCUT2D eigenvalue weighted by atomic mass is 10.1. The first-order valence-corrected chi connectivity index (χ1v) is 11.1. The summed E-state index contributed by atoms with van der Waals surface area (Å²) in [5, 5.41) is 3.95. The molecule has 2 heterocycles. The number of aromatic nitrogens is 2. The lowest BCUT2D eigenvalue weighted by Gasteiger charge is -2.13. The largest absolute Gasteiger partial charge is 0.343 e. The minimum atomic E-state index is -0.573. The number of nitrogens with one attached hydrogen (secondary N) is 1. The van der Waals surface area contributed by atoms with Crippen molar-refractivity contribution < 1.29 is 14.0 Å². The maximum absolute atomic E-state index is 14.1. The van der Waals surface area contributed by atoms with Crippen LogP contribution in [0.15, 0.2) is 71.8 Å². The van der Waals surface area contributed by atoms with Crippen LogP contribution in [0.25, 0.3) is 16.1 Å². The van der Waals surface area contributed by atoms with E-state index in [1.54, 1.807) is 37.4 Å². The van der Waals surface area contributed by atoms with Crippen molar-refractivity contribution in [3.63, 3.8) is 0 Å². The summed E-state index contributed by atoms with van der Waals surface area (Å²) >= 11 is 7.40. The van der Waals surface area contributed by atoms with Gasteiger partial charge in [-0.25, -0.2) is 9.37 Å². The molecular weight excluding hydrogens is 465 g/mol. The lowest BCUT2D eigenvalue weighted by molar-refractivity contribution is 0.0939. The molecule has 2 aromatic carbocycles. The summed E-state index contributed by atoms with van der Waals surface area (Å²) in [7, 11) is 0. The van der Waals surface area contributed by atoms with E-state index in [1.165, 1.54) is 47.9 Å². The number of carbonyl (C=O) groups is 2. The molecule has 166 valence electrons. The van der Waals surface area contributed by atoms with Crippen molar-refractivity contribution in [1.82, 2.24) is 14.9 Å². The number of amides is 1. The van der Waals surface area contributed by atoms with Gasteiger partial charge in [-0.05, 0) is 43.3 Å². The fraction of sp³-hybridized carbons (Fsp3) is 0.0833. The van der Waals surface area contributed by atoms with Gasteiger partial charge in [0.05, 0.1) is 22.2 Å². The molecule has 2 aromatic heterocycles. The first-order chi connectivity index (χ1) is 15.9. The van der Waals surface area contributed by atoms with Gasteiger partial charge in [-0.3, -0.25) is 19.0 Å². The Hall–Kier alpha value is -3.62. The second-order valence-corrected chi connectivity index (χ2v) is 8.68. The number of hydrogen-bond donors (Lipinski definition) is 1. The smallest absolute Gasteiger partial charge is 0.255 e. The van der Waals surface area contributed by atoms with E-state index in [4.69, 9.17) is 11.6 Å². The Labute approximate surface area is 197 Å². The van der Waals surface area contributed by atoms with Crippen molar-refractivity contribution in [3.05, 3.63) is 104 Å². The van der Waals surface area contributed by atoms with E-state index in [0.717, 1.165) is 15.7 Å². The summed E-state index contributed by atoms with van der Waals surface area (Å²) in [6.45, 7) is 1.77. The molecule has 0 fully saturated rings. The van der Waals surface area contributed by atoms with Crippen LogP contribution in [0.4, 0.5) is 4.39 Å². The zero-order chi connectivity index (χ0) is 23.5. The summed E-state index contributed by atoms with van der Waals surface area (Å²) in [5.74, 6) is -1.02. The second kappa shape index (κ2) is 9.48. The molecule has 1 N–H and O–H groups in total. The van der Waals surface area contributed by atoms with Gasteiger partial charge in [-0.15, -0.1) is 11.3 Å². The second-order valence-electron chi connectivity index (χ2n) is 7.18. The molecule has 0 bridgehead atoms. The van der Waals surface area contributed by atoms with Gasteiger partial charge >= 0.3 is 0 Å². The Morgan fingerprint density at radius 3 is 2.76 bits per heavy atom. The Balaban J connectivity index is 1.56. The number of aldehydes is 1. The molecule has 6 nitrogen and oxygen atoms in total. The standard InChI is InChI=1S/C24H17ClFN3O3S/c1-14(24-27-11-21(33-24)18-10-17(25)8-6-16(18)13-30)28-23(32)15-7-9-22(31)29(12-15)20-5-3-2-4-19(20)26/h2-14H,1H3,(H,28,32)/t14-/m1/s1. The molecule has 0 spiro atoms. The third-order valence-corrected chi connectivity index (χ3v) is 6.38. The van der Waals surface area contributed by atoms with Crippen LogP contribution in [0, 0.1) is 5.82 Å². The van der Waals surface area contributed by atoms with Crippen LogP contribution < -0.4 is 10.9 Å². The molecule has 1 atom stereocenters.